The van der Waals surface area contributed by atoms with E-state index in [-0.39, 0.29) is 12.4 Å². The number of aryl methyl sites for hydroxylation is 2. The predicted molar refractivity (Wildman–Crippen MR) is 110 cm³/mol. The van der Waals surface area contributed by atoms with E-state index in [2.05, 4.69) is 15.3 Å². The molecule has 0 radical (unpaired) electrons. The second-order valence-electron chi connectivity index (χ2n) is 5.87. The van der Waals surface area contributed by atoms with Gasteiger partial charge in [-0.05, 0) is 31.5 Å². The Morgan fingerprint density at radius 1 is 1.25 bits per heavy atom. The van der Waals surface area contributed by atoms with Gasteiger partial charge in [-0.15, -0.1) is 11.3 Å². The standard InChI is InChI=1S/C19H19N3O4S2/c1-11-12(2)28-19-17(11)18(20-10-21-19)27-9-16(24)26-8-15(23)22-13-5-4-6-14(7-13)25-3/h4-7,10H,8-9H2,1-3H3,(H,22,23). The lowest BCUT2D eigenvalue weighted by molar-refractivity contribution is -0.144. The first-order chi connectivity index (χ1) is 13.5. The molecule has 1 aromatic carbocycles. The van der Waals surface area contributed by atoms with Gasteiger partial charge in [0.05, 0.1) is 12.9 Å². The number of ether oxygens (including phenoxy) is 2. The molecule has 2 heterocycles. The van der Waals surface area contributed by atoms with Crippen LogP contribution in [0.3, 0.4) is 0 Å². The Balaban J connectivity index is 1.51. The van der Waals surface area contributed by atoms with E-state index in [1.165, 1.54) is 23.0 Å². The molecule has 0 atom stereocenters. The third-order valence-corrected chi connectivity index (χ3v) is 6.05. The summed E-state index contributed by atoms with van der Waals surface area (Å²) in [4.78, 5) is 34.6. The first-order valence-electron chi connectivity index (χ1n) is 8.41. The van der Waals surface area contributed by atoms with Crippen LogP contribution in [-0.4, -0.2) is 41.3 Å². The number of rotatable bonds is 7. The predicted octanol–water partition coefficient (Wildman–Crippen LogP) is 3.59. The fourth-order valence-electron chi connectivity index (χ4n) is 2.47. The Morgan fingerprint density at radius 3 is 2.86 bits per heavy atom. The summed E-state index contributed by atoms with van der Waals surface area (Å²) in [6, 6.07) is 6.94. The van der Waals surface area contributed by atoms with E-state index in [0.717, 1.165) is 20.8 Å². The van der Waals surface area contributed by atoms with Crippen molar-refractivity contribution < 1.29 is 19.1 Å². The number of methoxy groups -OCH3 is 1. The maximum atomic E-state index is 12.0. The van der Waals surface area contributed by atoms with Crippen LogP contribution in [0.2, 0.25) is 0 Å². The van der Waals surface area contributed by atoms with E-state index in [0.29, 0.717) is 11.4 Å². The van der Waals surface area contributed by atoms with Gasteiger partial charge in [0.25, 0.3) is 5.91 Å². The van der Waals surface area contributed by atoms with E-state index < -0.39 is 11.9 Å². The van der Waals surface area contributed by atoms with E-state index in [1.807, 2.05) is 13.8 Å². The van der Waals surface area contributed by atoms with E-state index in [9.17, 15) is 9.59 Å². The van der Waals surface area contributed by atoms with Crippen LogP contribution in [-0.2, 0) is 14.3 Å². The van der Waals surface area contributed by atoms with Crippen LogP contribution < -0.4 is 10.1 Å². The van der Waals surface area contributed by atoms with Gasteiger partial charge < -0.3 is 14.8 Å². The van der Waals surface area contributed by atoms with Crippen molar-refractivity contribution in [2.75, 3.05) is 24.8 Å². The number of aromatic nitrogens is 2. The topological polar surface area (TPSA) is 90.4 Å². The molecular weight excluding hydrogens is 398 g/mol. The van der Waals surface area contributed by atoms with Gasteiger partial charge in [-0.25, -0.2) is 9.97 Å². The zero-order valence-corrected chi connectivity index (χ0v) is 17.3. The molecule has 2 aromatic heterocycles. The first kappa shape index (κ1) is 20.1. The van der Waals surface area contributed by atoms with Crippen molar-refractivity contribution in [1.29, 1.82) is 0 Å². The summed E-state index contributed by atoms with van der Waals surface area (Å²) in [6.07, 6.45) is 1.49. The molecule has 0 aliphatic rings. The molecule has 0 spiro atoms. The Bertz CT molecular complexity index is 1020. The minimum Gasteiger partial charge on any atom is -0.497 e. The van der Waals surface area contributed by atoms with Crippen molar-refractivity contribution >= 4 is 50.9 Å². The van der Waals surface area contributed by atoms with E-state index in [4.69, 9.17) is 9.47 Å². The molecule has 0 aliphatic heterocycles. The molecule has 28 heavy (non-hydrogen) atoms. The van der Waals surface area contributed by atoms with Crippen LogP contribution in [0, 0.1) is 13.8 Å². The van der Waals surface area contributed by atoms with Gasteiger partial charge in [0.2, 0.25) is 0 Å². The minimum atomic E-state index is -0.484. The number of carbonyl (C=O) groups is 2. The highest BCUT2D eigenvalue weighted by molar-refractivity contribution is 8.00. The van der Waals surface area contributed by atoms with Crippen LogP contribution in [0.25, 0.3) is 10.2 Å². The Morgan fingerprint density at radius 2 is 2.07 bits per heavy atom. The number of fused-ring (bicyclic) bond motifs is 1. The van der Waals surface area contributed by atoms with Crippen molar-refractivity contribution in [3.63, 3.8) is 0 Å². The maximum Gasteiger partial charge on any atom is 0.316 e. The highest BCUT2D eigenvalue weighted by Crippen LogP contribution is 2.34. The van der Waals surface area contributed by atoms with Gasteiger partial charge in [-0.2, -0.15) is 0 Å². The summed E-state index contributed by atoms with van der Waals surface area (Å²) in [6.45, 7) is 3.69. The zero-order valence-electron chi connectivity index (χ0n) is 15.6. The summed E-state index contributed by atoms with van der Waals surface area (Å²) in [5.41, 5.74) is 1.69. The zero-order chi connectivity index (χ0) is 20.1. The lowest BCUT2D eigenvalue weighted by Gasteiger charge is -2.08. The molecule has 9 heteroatoms. The van der Waals surface area contributed by atoms with E-state index in [1.54, 1.807) is 42.7 Å². The molecule has 0 saturated carbocycles. The fourth-order valence-corrected chi connectivity index (χ4v) is 4.39. The van der Waals surface area contributed by atoms with Gasteiger partial charge in [-0.3, -0.25) is 9.59 Å². The van der Waals surface area contributed by atoms with Crippen LogP contribution in [0.1, 0.15) is 10.4 Å². The average molecular weight is 418 g/mol. The Kier molecular flexibility index (Phi) is 6.48. The quantitative estimate of drug-likeness (QED) is 0.357. The molecule has 146 valence electrons. The van der Waals surface area contributed by atoms with Gasteiger partial charge in [0.15, 0.2) is 6.61 Å². The van der Waals surface area contributed by atoms with Crippen LogP contribution in [0.5, 0.6) is 5.75 Å². The number of anilines is 1. The number of thiophene rings is 1. The molecule has 3 aromatic rings. The second-order valence-corrected chi connectivity index (χ2v) is 8.04. The minimum absolute atomic E-state index is 0.0624. The fraction of sp³-hybridized carbons (Fsp3) is 0.263. The SMILES string of the molecule is COc1cccc(NC(=O)COC(=O)CSc2ncnc3sc(C)c(C)c23)c1. The normalized spacial score (nSPS) is 10.7. The number of amides is 1. The lowest BCUT2D eigenvalue weighted by atomic mass is 10.2. The lowest BCUT2D eigenvalue weighted by Crippen LogP contribution is -2.21. The first-order valence-corrected chi connectivity index (χ1v) is 10.2. The van der Waals surface area contributed by atoms with Crippen molar-refractivity contribution in [3.8, 4) is 5.75 Å². The summed E-state index contributed by atoms with van der Waals surface area (Å²) in [7, 11) is 1.55. The highest BCUT2D eigenvalue weighted by atomic mass is 32.2. The molecular formula is C19H19N3O4S2. The summed E-state index contributed by atoms with van der Waals surface area (Å²) < 4.78 is 10.2. The molecule has 3 rings (SSSR count). The average Bonchev–Trinajstić information content (AvgIpc) is 2.99. The molecule has 0 unspecified atom stereocenters. The number of benzene rings is 1. The number of esters is 1. The molecule has 0 aliphatic carbocycles. The van der Waals surface area contributed by atoms with Crippen molar-refractivity contribution in [2.24, 2.45) is 0 Å². The monoisotopic (exact) mass is 417 g/mol. The number of carbonyl (C=O) groups excluding carboxylic acids is 2. The number of nitrogens with one attached hydrogen (secondary N) is 1. The van der Waals surface area contributed by atoms with Gasteiger partial charge in [-0.1, -0.05) is 17.8 Å². The molecule has 7 nitrogen and oxygen atoms in total. The molecule has 1 amide bonds. The second kappa shape index (κ2) is 9.03. The van der Waals surface area contributed by atoms with Gasteiger partial charge in [0, 0.05) is 22.0 Å². The van der Waals surface area contributed by atoms with Gasteiger partial charge >= 0.3 is 5.97 Å². The van der Waals surface area contributed by atoms with Crippen molar-refractivity contribution in [2.45, 2.75) is 18.9 Å². The molecule has 0 bridgehead atoms. The van der Waals surface area contributed by atoms with Crippen molar-refractivity contribution in [1.82, 2.24) is 9.97 Å². The summed E-state index contributed by atoms with van der Waals surface area (Å²) in [5, 5.41) is 4.37. The number of hydrogen-bond donors (Lipinski definition) is 1. The molecule has 1 N–H and O–H groups in total. The maximum absolute atomic E-state index is 12.0. The number of hydrogen-bond acceptors (Lipinski definition) is 8. The summed E-state index contributed by atoms with van der Waals surface area (Å²) >= 11 is 2.88. The van der Waals surface area contributed by atoms with Crippen LogP contribution in [0.4, 0.5) is 5.69 Å². The highest BCUT2D eigenvalue weighted by Gasteiger charge is 2.15. The molecule has 0 saturated heterocycles. The summed E-state index contributed by atoms with van der Waals surface area (Å²) in [5.74, 6) is -0.212. The third kappa shape index (κ3) is 4.79. The van der Waals surface area contributed by atoms with Crippen LogP contribution >= 0.6 is 23.1 Å². The van der Waals surface area contributed by atoms with E-state index >= 15 is 0 Å². The largest absolute Gasteiger partial charge is 0.497 e. The van der Waals surface area contributed by atoms with Gasteiger partial charge in [0.1, 0.15) is 21.9 Å². The molecule has 0 fully saturated rings. The van der Waals surface area contributed by atoms with Crippen molar-refractivity contribution in [3.05, 3.63) is 41.0 Å². The number of thioether (sulfide) groups is 1. The smallest absolute Gasteiger partial charge is 0.316 e. The Hall–Kier alpha value is -2.65. The third-order valence-electron chi connectivity index (χ3n) is 3.98. The van der Waals surface area contributed by atoms with Crippen LogP contribution in [0.15, 0.2) is 35.6 Å². The Labute approximate surface area is 170 Å². The number of nitrogens with zero attached hydrogens (tertiary/aromatic N) is 2.